The fraction of sp³-hybridized carbons (Fsp3) is 0.250. The van der Waals surface area contributed by atoms with E-state index in [-0.39, 0.29) is 0 Å². The Morgan fingerprint density at radius 3 is 2.83 bits per heavy atom. The number of nitrogens with zero attached hydrogens (tertiary/aromatic N) is 1. The Morgan fingerprint density at radius 1 is 1.83 bits per heavy atom. The van der Waals surface area contributed by atoms with Gasteiger partial charge < -0.3 is 0 Å². The van der Waals surface area contributed by atoms with E-state index in [0.29, 0.717) is 0 Å². The minimum atomic E-state index is 0.961. The number of halogens is 1. The second kappa shape index (κ2) is 1.56. The Kier molecular flexibility index (Phi) is 1.05. The molecule has 0 saturated carbocycles. The van der Waals surface area contributed by atoms with Gasteiger partial charge in [0.25, 0.3) is 0 Å². The number of aliphatic imine (C=N–C) groups is 1. The summed E-state index contributed by atoms with van der Waals surface area (Å²) in [6, 6.07) is 0. The van der Waals surface area contributed by atoms with E-state index in [0.717, 1.165) is 11.0 Å². The van der Waals surface area contributed by atoms with E-state index in [1.807, 2.05) is 12.3 Å². The molecule has 0 aromatic rings. The average Bonchev–Trinajstić information content (AvgIpc) is 1.86. The van der Waals surface area contributed by atoms with Crippen LogP contribution >= 0.6 is 15.9 Å². The van der Waals surface area contributed by atoms with E-state index >= 15 is 0 Å². The van der Waals surface area contributed by atoms with Gasteiger partial charge in [0, 0.05) is 12.6 Å². The molecule has 1 rings (SSSR count). The van der Waals surface area contributed by atoms with E-state index in [1.165, 1.54) is 0 Å². The maximum absolute atomic E-state index is 3.89. The third kappa shape index (κ3) is 0.684. The summed E-state index contributed by atoms with van der Waals surface area (Å²) in [5.41, 5.74) is 0. The van der Waals surface area contributed by atoms with Gasteiger partial charge in [-0.2, -0.15) is 0 Å². The normalized spacial score (nSPS) is 18.5. The minimum absolute atomic E-state index is 0.961. The standard InChI is InChI=1S/C4H4BrN/c5-4-2-1-3-6-4/h2-3H,1H2. The minimum Gasteiger partial charge on any atom is -0.254 e. The highest BCUT2D eigenvalue weighted by Crippen LogP contribution is 2.10. The van der Waals surface area contributed by atoms with Crippen LogP contribution in [-0.4, -0.2) is 6.21 Å². The largest absolute Gasteiger partial charge is 0.254 e. The summed E-state index contributed by atoms with van der Waals surface area (Å²) in [6.45, 7) is 0. The Balaban J connectivity index is 2.68. The van der Waals surface area contributed by atoms with Crippen LogP contribution in [0.5, 0.6) is 0 Å². The molecule has 2 heteroatoms. The molecule has 0 radical (unpaired) electrons. The van der Waals surface area contributed by atoms with Gasteiger partial charge in [-0.15, -0.1) is 0 Å². The molecule has 0 amide bonds. The SMILES string of the molecule is BrC1=CCC=N1. The zero-order chi connectivity index (χ0) is 4.41. The monoisotopic (exact) mass is 145 g/mol. The first-order valence-corrected chi connectivity index (χ1v) is 2.57. The molecule has 0 atom stereocenters. The van der Waals surface area contributed by atoms with Crippen LogP contribution in [0.3, 0.4) is 0 Å². The van der Waals surface area contributed by atoms with Crippen LogP contribution in [0.4, 0.5) is 0 Å². The first-order chi connectivity index (χ1) is 2.89. The quantitative estimate of drug-likeness (QED) is 0.461. The summed E-state index contributed by atoms with van der Waals surface area (Å²) in [5.74, 6) is 0. The fourth-order valence-corrected chi connectivity index (χ4v) is 0.674. The van der Waals surface area contributed by atoms with Crippen LogP contribution in [0.15, 0.2) is 15.7 Å². The predicted molar refractivity (Wildman–Crippen MR) is 30.1 cm³/mol. The summed E-state index contributed by atoms with van der Waals surface area (Å²) in [5, 5.41) is 0. The Labute approximate surface area is 44.9 Å². The van der Waals surface area contributed by atoms with E-state index < -0.39 is 0 Å². The Morgan fingerprint density at radius 2 is 2.67 bits per heavy atom. The number of hydrogen-bond acceptors (Lipinski definition) is 1. The van der Waals surface area contributed by atoms with Crippen molar-refractivity contribution in [2.75, 3.05) is 0 Å². The van der Waals surface area contributed by atoms with Gasteiger partial charge in [-0.3, -0.25) is 4.99 Å². The third-order valence-corrected chi connectivity index (χ3v) is 1.13. The van der Waals surface area contributed by atoms with Crippen molar-refractivity contribution in [3.8, 4) is 0 Å². The van der Waals surface area contributed by atoms with E-state index in [4.69, 9.17) is 0 Å². The van der Waals surface area contributed by atoms with Gasteiger partial charge in [-0.05, 0) is 22.0 Å². The molecule has 32 valence electrons. The molecule has 0 spiro atoms. The van der Waals surface area contributed by atoms with Crippen molar-refractivity contribution in [2.24, 2.45) is 4.99 Å². The predicted octanol–water partition coefficient (Wildman–Crippen LogP) is 1.70. The maximum Gasteiger partial charge on any atom is 0.102 e. The van der Waals surface area contributed by atoms with Crippen molar-refractivity contribution < 1.29 is 0 Å². The summed E-state index contributed by atoms with van der Waals surface area (Å²) in [6.07, 6.45) is 4.87. The second-order valence-corrected chi connectivity index (χ2v) is 1.89. The van der Waals surface area contributed by atoms with Crippen molar-refractivity contribution in [1.29, 1.82) is 0 Å². The molecule has 0 N–H and O–H groups in total. The molecule has 1 nitrogen and oxygen atoms in total. The van der Waals surface area contributed by atoms with Crippen LogP contribution in [0.25, 0.3) is 0 Å². The number of rotatable bonds is 0. The first-order valence-electron chi connectivity index (χ1n) is 1.78. The molecule has 0 fully saturated rings. The lowest BCUT2D eigenvalue weighted by Crippen LogP contribution is -1.52. The lowest BCUT2D eigenvalue weighted by Gasteiger charge is -1.69. The van der Waals surface area contributed by atoms with Gasteiger partial charge in [-0.25, -0.2) is 0 Å². The number of hydrogen-bond donors (Lipinski definition) is 0. The second-order valence-electron chi connectivity index (χ2n) is 1.07. The molecular formula is C4H4BrN. The molecule has 6 heavy (non-hydrogen) atoms. The first kappa shape index (κ1) is 4.06. The van der Waals surface area contributed by atoms with Crippen molar-refractivity contribution in [2.45, 2.75) is 6.42 Å². The molecule has 0 aromatic carbocycles. The van der Waals surface area contributed by atoms with Crippen molar-refractivity contribution in [3.05, 3.63) is 10.7 Å². The molecule has 0 unspecified atom stereocenters. The van der Waals surface area contributed by atoms with Gasteiger partial charge >= 0.3 is 0 Å². The zero-order valence-corrected chi connectivity index (χ0v) is 4.77. The highest BCUT2D eigenvalue weighted by atomic mass is 79.9. The smallest absolute Gasteiger partial charge is 0.102 e. The van der Waals surface area contributed by atoms with Crippen molar-refractivity contribution in [1.82, 2.24) is 0 Å². The van der Waals surface area contributed by atoms with E-state index in [9.17, 15) is 0 Å². The summed E-state index contributed by atoms with van der Waals surface area (Å²) in [7, 11) is 0. The molecule has 1 aliphatic heterocycles. The lowest BCUT2D eigenvalue weighted by molar-refractivity contribution is 1.58. The van der Waals surface area contributed by atoms with Crippen LogP contribution < -0.4 is 0 Å². The topological polar surface area (TPSA) is 12.4 Å². The summed E-state index contributed by atoms with van der Waals surface area (Å²) >= 11 is 3.20. The fourth-order valence-electron chi connectivity index (χ4n) is 0.343. The molecule has 0 bridgehead atoms. The van der Waals surface area contributed by atoms with Gasteiger partial charge in [0.1, 0.15) is 4.61 Å². The average molecular weight is 146 g/mol. The summed E-state index contributed by atoms with van der Waals surface area (Å²) in [4.78, 5) is 3.89. The Bertz CT molecular complexity index is 101. The highest BCUT2D eigenvalue weighted by Gasteiger charge is 1.88. The molecule has 0 aromatic heterocycles. The van der Waals surface area contributed by atoms with Gasteiger partial charge in [-0.1, -0.05) is 0 Å². The van der Waals surface area contributed by atoms with Crippen LogP contribution in [-0.2, 0) is 0 Å². The molecule has 1 heterocycles. The molecule has 0 saturated heterocycles. The zero-order valence-electron chi connectivity index (χ0n) is 3.19. The van der Waals surface area contributed by atoms with Crippen molar-refractivity contribution in [3.63, 3.8) is 0 Å². The molecule has 0 aliphatic carbocycles. The molecular weight excluding hydrogens is 142 g/mol. The summed E-state index contributed by atoms with van der Waals surface area (Å²) < 4.78 is 0.961. The van der Waals surface area contributed by atoms with Gasteiger partial charge in [0.2, 0.25) is 0 Å². The molecule has 1 aliphatic rings. The van der Waals surface area contributed by atoms with Gasteiger partial charge in [0.15, 0.2) is 0 Å². The van der Waals surface area contributed by atoms with E-state index in [1.54, 1.807) is 0 Å². The Hall–Kier alpha value is -0.110. The van der Waals surface area contributed by atoms with Crippen LogP contribution in [0, 0.1) is 0 Å². The van der Waals surface area contributed by atoms with Crippen molar-refractivity contribution >= 4 is 22.1 Å². The van der Waals surface area contributed by atoms with Crippen LogP contribution in [0.1, 0.15) is 6.42 Å². The number of allylic oxidation sites excluding steroid dienone is 1. The van der Waals surface area contributed by atoms with Crippen LogP contribution in [0.2, 0.25) is 0 Å². The maximum atomic E-state index is 3.89. The highest BCUT2D eigenvalue weighted by molar-refractivity contribution is 9.11. The van der Waals surface area contributed by atoms with Gasteiger partial charge in [0.05, 0.1) is 0 Å². The lowest BCUT2D eigenvalue weighted by atomic mass is 10.5. The third-order valence-electron chi connectivity index (χ3n) is 0.606. The van der Waals surface area contributed by atoms with E-state index in [2.05, 4.69) is 20.9 Å².